The molecule has 0 N–H and O–H groups in total. The molecule has 4 aromatic carbocycles. The van der Waals surface area contributed by atoms with Crippen molar-refractivity contribution < 1.29 is 9.47 Å². The molecule has 0 saturated carbocycles. The van der Waals surface area contributed by atoms with Crippen molar-refractivity contribution in [3.63, 3.8) is 0 Å². The molecule has 5 aliphatic heterocycles. The summed E-state index contributed by atoms with van der Waals surface area (Å²) in [5.74, 6) is 3.11. The van der Waals surface area contributed by atoms with Crippen LogP contribution in [0.3, 0.4) is 0 Å². The third kappa shape index (κ3) is 5.17. The van der Waals surface area contributed by atoms with Crippen molar-refractivity contribution in [2.45, 2.75) is 32.1 Å². The van der Waals surface area contributed by atoms with Gasteiger partial charge in [0, 0.05) is 29.7 Å². The van der Waals surface area contributed by atoms with Crippen LogP contribution in [0.15, 0.2) is 121 Å². The molecule has 6 aromatic rings. The summed E-state index contributed by atoms with van der Waals surface area (Å²) in [5.41, 5.74) is 11.4. The molecule has 0 fully saturated rings. The monoisotopic (exact) mass is 558 g/mol. The predicted molar refractivity (Wildman–Crippen MR) is 170 cm³/mol. The Hall–Kier alpha value is -5.22. The van der Waals surface area contributed by atoms with E-state index in [0.717, 1.165) is 66.1 Å². The molecule has 4 heteroatoms. The first-order valence-corrected chi connectivity index (χ1v) is 15.0. The Bertz CT molecular complexity index is 1800. The molecule has 0 amide bonds. The number of rotatable bonds is 0. The van der Waals surface area contributed by atoms with Gasteiger partial charge in [0.25, 0.3) is 0 Å². The zero-order valence-corrected chi connectivity index (χ0v) is 23.8. The van der Waals surface area contributed by atoms with E-state index >= 15 is 0 Å². The van der Waals surface area contributed by atoms with Gasteiger partial charge in [0.2, 0.25) is 11.8 Å². The van der Waals surface area contributed by atoms with E-state index in [1.165, 1.54) is 33.4 Å². The normalized spacial score (nSPS) is 13.5. The summed E-state index contributed by atoms with van der Waals surface area (Å²) in [6.07, 6.45) is 4.60. The van der Waals surface area contributed by atoms with Crippen molar-refractivity contribution in [1.82, 2.24) is 9.97 Å². The summed E-state index contributed by atoms with van der Waals surface area (Å²) in [6, 6.07) is 42.2. The molecule has 7 heterocycles. The molecule has 2 aromatic heterocycles. The smallest absolute Gasteiger partial charge is 0.221 e. The van der Waals surface area contributed by atoms with Crippen molar-refractivity contribution in [3.8, 4) is 45.8 Å². The number of ether oxygens (including phenoxy) is 2. The Labute approximate surface area is 251 Å². The van der Waals surface area contributed by atoms with Crippen LogP contribution >= 0.6 is 0 Å². The molecule has 208 valence electrons. The van der Waals surface area contributed by atoms with E-state index in [4.69, 9.17) is 19.4 Å². The number of hydrogen-bond donors (Lipinski definition) is 0. The molecule has 0 aliphatic carbocycles. The first-order chi connectivity index (χ1) is 21.2. The van der Waals surface area contributed by atoms with Crippen LogP contribution in [0.1, 0.15) is 33.4 Å². The second-order valence-electron chi connectivity index (χ2n) is 11.3. The molecular formula is C39H30N2O2. The van der Waals surface area contributed by atoms with Gasteiger partial charge in [-0.3, -0.25) is 0 Å². The molecule has 5 aliphatic rings. The lowest BCUT2D eigenvalue weighted by Gasteiger charge is -2.25. The largest absolute Gasteiger partial charge is 0.456 e. The van der Waals surface area contributed by atoms with E-state index < -0.39 is 0 Å². The Morgan fingerprint density at radius 3 is 1.33 bits per heavy atom. The number of pyridine rings is 2. The molecular weight excluding hydrogens is 528 g/mol. The van der Waals surface area contributed by atoms with Gasteiger partial charge in [0.15, 0.2) is 0 Å². The zero-order chi connectivity index (χ0) is 28.6. The predicted octanol–water partition coefficient (Wildman–Crippen LogP) is 9.18. The minimum absolute atomic E-state index is 0.522. The second kappa shape index (κ2) is 10.9. The maximum absolute atomic E-state index is 6.76. The summed E-state index contributed by atoms with van der Waals surface area (Å²) in [4.78, 5) is 9.56. The number of para-hydroxylation sites is 2. The lowest BCUT2D eigenvalue weighted by atomic mass is 9.92. The molecule has 11 rings (SSSR count). The number of nitrogens with zero attached hydrogens (tertiary/aromatic N) is 2. The topological polar surface area (TPSA) is 44.2 Å². The van der Waals surface area contributed by atoms with Crippen molar-refractivity contribution >= 4 is 0 Å². The first kappa shape index (κ1) is 25.5. The highest BCUT2D eigenvalue weighted by molar-refractivity contribution is 5.62. The summed E-state index contributed by atoms with van der Waals surface area (Å²) >= 11 is 0. The van der Waals surface area contributed by atoms with Gasteiger partial charge in [0.1, 0.15) is 11.5 Å². The van der Waals surface area contributed by atoms with Gasteiger partial charge in [-0.25, -0.2) is 9.97 Å². The Kier molecular flexibility index (Phi) is 6.45. The van der Waals surface area contributed by atoms with Gasteiger partial charge >= 0.3 is 0 Å². The molecule has 43 heavy (non-hydrogen) atoms. The Morgan fingerprint density at radius 1 is 0.395 bits per heavy atom. The summed E-state index contributed by atoms with van der Waals surface area (Å²) < 4.78 is 12.9. The lowest BCUT2D eigenvalue weighted by molar-refractivity contribution is 0.446. The van der Waals surface area contributed by atoms with E-state index in [2.05, 4.69) is 84.9 Å². The maximum Gasteiger partial charge on any atom is 0.221 e. The average molecular weight is 559 g/mol. The quantitative estimate of drug-likeness (QED) is 0.186. The summed E-state index contributed by atoms with van der Waals surface area (Å²) in [6.45, 7) is 0. The van der Waals surface area contributed by atoms with Crippen LogP contribution in [0.5, 0.6) is 23.3 Å². The third-order valence-corrected chi connectivity index (χ3v) is 8.46. The van der Waals surface area contributed by atoms with Crippen molar-refractivity contribution in [2.75, 3.05) is 0 Å². The van der Waals surface area contributed by atoms with Crippen LogP contribution in [-0.4, -0.2) is 9.97 Å². The van der Waals surface area contributed by atoms with E-state index in [9.17, 15) is 0 Å². The molecule has 0 radical (unpaired) electrons. The molecule has 4 nitrogen and oxygen atoms in total. The first-order valence-electron chi connectivity index (χ1n) is 15.0. The summed E-state index contributed by atoms with van der Waals surface area (Å²) in [5, 5.41) is 0. The lowest BCUT2D eigenvalue weighted by Crippen LogP contribution is -2.09. The molecule has 0 atom stereocenters. The number of aromatic nitrogens is 2. The second-order valence-corrected chi connectivity index (χ2v) is 11.3. The fourth-order valence-corrected chi connectivity index (χ4v) is 6.13. The van der Waals surface area contributed by atoms with Crippen LogP contribution in [0.4, 0.5) is 0 Å². The summed E-state index contributed by atoms with van der Waals surface area (Å²) in [7, 11) is 0. The van der Waals surface area contributed by atoms with Gasteiger partial charge < -0.3 is 9.47 Å². The van der Waals surface area contributed by atoms with Gasteiger partial charge in [-0.1, -0.05) is 97.1 Å². The fraction of sp³-hybridized carbons (Fsp3) is 0.128. The van der Waals surface area contributed by atoms with E-state index in [0.29, 0.717) is 11.8 Å². The van der Waals surface area contributed by atoms with Crippen LogP contribution in [-0.2, 0) is 32.1 Å². The van der Waals surface area contributed by atoms with E-state index in [1.54, 1.807) is 0 Å². The highest BCUT2D eigenvalue weighted by atomic mass is 16.5. The van der Waals surface area contributed by atoms with Crippen LogP contribution in [0.2, 0.25) is 0 Å². The van der Waals surface area contributed by atoms with Gasteiger partial charge in [-0.2, -0.15) is 0 Å². The number of benzene rings is 4. The molecule has 10 bridgehead atoms. The molecule has 0 spiro atoms. The number of hydrogen-bond acceptors (Lipinski definition) is 4. The standard InChI is InChI=1S/C39H30N2O2/c1-5-30-23-17-26-13-19-28(20-14-26)34-9-3-11-36(40-34)42-37-12-4-10-35(41-37)29-21-15-27(16-22-29)18-24-31-6-2-8-33-25-32(7-1)38(30)43-39(31)33/h1-16,19-22H,17-18,23-25H2. The third-order valence-electron chi connectivity index (χ3n) is 8.46. The van der Waals surface area contributed by atoms with Crippen molar-refractivity contribution in [3.05, 3.63) is 155 Å². The van der Waals surface area contributed by atoms with Crippen LogP contribution in [0, 0.1) is 0 Å². The Balaban J connectivity index is 1.18. The van der Waals surface area contributed by atoms with Crippen LogP contribution < -0.4 is 9.47 Å². The van der Waals surface area contributed by atoms with E-state index in [-0.39, 0.29) is 0 Å². The maximum atomic E-state index is 6.76. The minimum Gasteiger partial charge on any atom is -0.456 e. The minimum atomic E-state index is 0.522. The Morgan fingerprint density at radius 2 is 0.837 bits per heavy atom. The van der Waals surface area contributed by atoms with E-state index in [1.807, 2.05) is 36.4 Å². The van der Waals surface area contributed by atoms with Crippen LogP contribution in [0.25, 0.3) is 22.5 Å². The zero-order valence-electron chi connectivity index (χ0n) is 23.8. The number of aryl methyl sites for hydroxylation is 4. The highest BCUT2D eigenvalue weighted by Crippen LogP contribution is 2.41. The van der Waals surface area contributed by atoms with Crippen molar-refractivity contribution in [2.24, 2.45) is 0 Å². The molecule has 0 unspecified atom stereocenters. The SMILES string of the molecule is c1cc2nc(c1)-c1ccc(cc1)CCc1cccc3c1Oc1c(cccc1C3)CCc1ccc(cc1)-c1cccc(n1)O2. The average Bonchev–Trinajstić information content (AvgIpc) is 3.06. The van der Waals surface area contributed by atoms with Gasteiger partial charge in [-0.15, -0.1) is 0 Å². The fourth-order valence-electron chi connectivity index (χ4n) is 6.13. The van der Waals surface area contributed by atoms with Crippen molar-refractivity contribution in [1.29, 1.82) is 0 Å². The van der Waals surface area contributed by atoms with Gasteiger partial charge in [0.05, 0.1) is 11.4 Å². The van der Waals surface area contributed by atoms with Gasteiger partial charge in [-0.05, 0) is 71.2 Å². The highest BCUT2D eigenvalue weighted by Gasteiger charge is 2.22. The molecule has 0 saturated heterocycles.